The van der Waals surface area contributed by atoms with Gasteiger partial charge in [-0.25, -0.2) is 0 Å². The molecule has 0 spiro atoms. The molecule has 3 nitrogen and oxygen atoms in total. The fourth-order valence-corrected chi connectivity index (χ4v) is 1.14. The monoisotopic (exact) mass is 232 g/mol. The van der Waals surface area contributed by atoms with Gasteiger partial charge in [0.25, 0.3) is 6.02 Å². The standard InChI is InChI=1S/C10H11F3N2O/c1-2-16-9(14)15-8-6-4-3-5-7(8)10(11,12)13/h3-6H,2H2,1H3,(H2,14,15). The molecule has 0 aliphatic carbocycles. The molecule has 0 amide bonds. The number of benzene rings is 1. The van der Waals surface area contributed by atoms with Crippen molar-refractivity contribution in [2.75, 3.05) is 11.9 Å². The Kier molecular flexibility index (Phi) is 3.76. The summed E-state index contributed by atoms with van der Waals surface area (Å²) in [4.78, 5) is 0. The number of halogens is 3. The second kappa shape index (κ2) is 4.87. The number of para-hydroxylation sites is 1. The van der Waals surface area contributed by atoms with Crippen LogP contribution in [-0.4, -0.2) is 12.6 Å². The molecule has 88 valence electrons. The third-order valence-electron chi connectivity index (χ3n) is 1.77. The first-order valence-electron chi connectivity index (χ1n) is 4.59. The molecule has 0 atom stereocenters. The van der Waals surface area contributed by atoms with E-state index in [4.69, 9.17) is 10.1 Å². The van der Waals surface area contributed by atoms with Crippen molar-refractivity contribution >= 4 is 11.7 Å². The van der Waals surface area contributed by atoms with Crippen molar-refractivity contribution in [3.05, 3.63) is 29.8 Å². The fourth-order valence-electron chi connectivity index (χ4n) is 1.14. The van der Waals surface area contributed by atoms with Gasteiger partial charge in [0.2, 0.25) is 0 Å². The molecule has 0 radical (unpaired) electrons. The van der Waals surface area contributed by atoms with Crippen molar-refractivity contribution in [3.63, 3.8) is 0 Å². The van der Waals surface area contributed by atoms with Gasteiger partial charge in [-0.05, 0) is 19.1 Å². The predicted molar refractivity (Wildman–Crippen MR) is 54.4 cm³/mol. The van der Waals surface area contributed by atoms with E-state index in [1.807, 2.05) is 0 Å². The smallest absolute Gasteiger partial charge is 0.418 e. The van der Waals surface area contributed by atoms with E-state index < -0.39 is 17.8 Å². The minimum atomic E-state index is -4.45. The molecular formula is C10H11F3N2O. The van der Waals surface area contributed by atoms with E-state index in [2.05, 4.69) is 5.32 Å². The summed E-state index contributed by atoms with van der Waals surface area (Å²) in [7, 11) is 0. The number of ether oxygens (including phenoxy) is 1. The molecular weight excluding hydrogens is 221 g/mol. The molecule has 1 aromatic carbocycles. The van der Waals surface area contributed by atoms with Gasteiger partial charge in [-0.15, -0.1) is 0 Å². The zero-order valence-corrected chi connectivity index (χ0v) is 8.56. The van der Waals surface area contributed by atoms with Crippen LogP contribution in [0.3, 0.4) is 0 Å². The lowest BCUT2D eigenvalue weighted by atomic mass is 10.2. The van der Waals surface area contributed by atoms with Crippen molar-refractivity contribution in [1.29, 1.82) is 5.41 Å². The van der Waals surface area contributed by atoms with Crippen LogP contribution in [0.5, 0.6) is 0 Å². The van der Waals surface area contributed by atoms with Crippen LogP contribution in [-0.2, 0) is 10.9 Å². The Balaban J connectivity index is 2.92. The molecule has 0 fully saturated rings. The van der Waals surface area contributed by atoms with Gasteiger partial charge in [-0.3, -0.25) is 5.41 Å². The van der Waals surface area contributed by atoms with Gasteiger partial charge in [-0.2, -0.15) is 13.2 Å². The van der Waals surface area contributed by atoms with Crippen LogP contribution in [0, 0.1) is 5.41 Å². The molecule has 1 aromatic rings. The summed E-state index contributed by atoms with van der Waals surface area (Å²) >= 11 is 0. The van der Waals surface area contributed by atoms with Gasteiger partial charge < -0.3 is 10.1 Å². The van der Waals surface area contributed by atoms with E-state index in [0.717, 1.165) is 6.07 Å². The fraction of sp³-hybridized carbons (Fsp3) is 0.300. The maximum absolute atomic E-state index is 12.5. The van der Waals surface area contributed by atoms with Crippen LogP contribution >= 0.6 is 0 Å². The van der Waals surface area contributed by atoms with Crippen LogP contribution in [0.15, 0.2) is 24.3 Å². The molecule has 0 aliphatic rings. The normalized spacial score (nSPS) is 11.0. The van der Waals surface area contributed by atoms with E-state index >= 15 is 0 Å². The number of alkyl halides is 3. The molecule has 0 saturated carbocycles. The summed E-state index contributed by atoms with van der Waals surface area (Å²) in [6.45, 7) is 1.87. The number of rotatable bonds is 2. The van der Waals surface area contributed by atoms with E-state index in [9.17, 15) is 13.2 Å². The molecule has 0 heterocycles. The van der Waals surface area contributed by atoms with Gasteiger partial charge in [-0.1, -0.05) is 12.1 Å². The summed E-state index contributed by atoms with van der Waals surface area (Å²) in [6.07, 6.45) is -4.45. The first-order chi connectivity index (χ1) is 7.45. The summed E-state index contributed by atoms with van der Waals surface area (Å²) in [6, 6.07) is 4.53. The molecule has 0 aromatic heterocycles. The highest BCUT2D eigenvalue weighted by Crippen LogP contribution is 2.34. The predicted octanol–water partition coefficient (Wildman–Crippen LogP) is 3.09. The Morgan fingerprint density at radius 3 is 2.56 bits per heavy atom. The zero-order chi connectivity index (χ0) is 12.2. The number of amidine groups is 1. The van der Waals surface area contributed by atoms with Crippen LogP contribution in [0.25, 0.3) is 0 Å². The van der Waals surface area contributed by atoms with Gasteiger partial charge in [0.1, 0.15) is 0 Å². The highest BCUT2D eigenvalue weighted by molar-refractivity contribution is 5.87. The Morgan fingerprint density at radius 1 is 1.38 bits per heavy atom. The number of hydrogen-bond acceptors (Lipinski definition) is 2. The molecule has 0 unspecified atom stereocenters. The van der Waals surface area contributed by atoms with Crippen LogP contribution in [0.1, 0.15) is 12.5 Å². The quantitative estimate of drug-likeness (QED) is 0.608. The third-order valence-corrected chi connectivity index (χ3v) is 1.77. The van der Waals surface area contributed by atoms with E-state index in [0.29, 0.717) is 0 Å². The largest absolute Gasteiger partial charge is 0.466 e. The lowest BCUT2D eigenvalue weighted by molar-refractivity contribution is -0.136. The zero-order valence-electron chi connectivity index (χ0n) is 8.56. The van der Waals surface area contributed by atoms with Gasteiger partial charge in [0.05, 0.1) is 17.9 Å². The van der Waals surface area contributed by atoms with Crippen molar-refractivity contribution in [1.82, 2.24) is 0 Å². The van der Waals surface area contributed by atoms with Gasteiger partial charge >= 0.3 is 6.18 Å². The number of anilines is 1. The van der Waals surface area contributed by atoms with E-state index in [-0.39, 0.29) is 12.3 Å². The van der Waals surface area contributed by atoms with Crippen LogP contribution in [0.2, 0.25) is 0 Å². The van der Waals surface area contributed by atoms with Gasteiger partial charge in [0, 0.05) is 0 Å². The first kappa shape index (κ1) is 12.4. The maximum Gasteiger partial charge on any atom is 0.418 e. The number of nitrogens with one attached hydrogen (secondary N) is 2. The maximum atomic E-state index is 12.5. The Bertz CT molecular complexity index is 377. The molecule has 2 N–H and O–H groups in total. The molecule has 0 saturated heterocycles. The highest BCUT2D eigenvalue weighted by atomic mass is 19.4. The van der Waals surface area contributed by atoms with Gasteiger partial charge in [0.15, 0.2) is 0 Å². The Morgan fingerprint density at radius 2 is 2.00 bits per heavy atom. The van der Waals surface area contributed by atoms with E-state index in [1.54, 1.807) is 6.92 Å². The van der Waals surface area contributed by atoms with Crippen molar-refractivity contribution in [2.45, 2.75) is 13.1 Å². The Labute approximate surface area is 90.7 Å². The van der Waals surface area contributed by atoms with Crippen molar-refractivity contribution in [3.8, 4) is 0 Å². The summed E-state index contributed by atoms with van der Waals surface area (Å²) in [5.41, 5.74) is -1.01. The highest BCUT2D eigenvalue weighted by Gasteiger charge is 2.33. The minimum absolute atomic E-state index is 0.187. The third kappa shape index (κ3) is 3.15. The lowest BCUT2D eigenvalue weighted by Crippen LogP contribution is -2.18. The first-order valence-corrected chi connectivity index (χ1v) is 4.59. The summed E-state index contributed by atoms with van der Waals surface area (Å²) < 4.78 is 42.3. The SMILES string of the molecule is CCOC(=N)Nc1ccccc1C(F)(F)F. The average molecular weight is 232 g/mol. The minimum Gasteiger partial charge on any atom is -0.466 e. The molecule has 16 heavy (non-hydrogen) atoms. The van der Waals surface area contributed by atoms with E-state index in [1.165, 1.54) is 18.2 Å². The van der Waals surface area contributed by atoms with Crippen LogP contribution < -0.4 is 5.32 Å². The topological polar surface area (TPSA) is 45.1 Å². The van der Waals surface area contributed by atoms with Crippen molar-refractivity contribution < 1.29 is 17.9 Å². The van der Waals surface area contributed by atoms with Crippen molar-refractivity contribution in [2.24, 2.45) is 0 Å². The van der Waals surface area contributed by atoms with Crippen LogP contribution in [0.4, 0.5) is 18.9 Å². The summed E-state index contributed by atoms with van der Waals surface area (Å²) in [5, 5.41) is 9.49. The average Bonchev–Trinajstić information content (AvgIpc) is 2.17. The molecule has 1 rings (SSSR count). The number of hydrogen-bond donors (Lipinski definition) is 2. The summed E-state index contributed by atoms with van der Waals surface area (Å²) in [5.74, 6) is 0. The second-order valence-electron chi connectivity index (χ2n) is 2.93. The molecule has 0 bridgehead atoms. The molecule has 6 heteroatoms. The lowest BCUT2D eigenvalue weighted by Gasteiger charge is -2.14. The molecule has 0 aliphatic heterocycles. The Hall–Kier alpha value is -1.72. The second-order valence-corrected chi connectivity index (χ2v) is 2.93.